The molecule has 1 heterocycles. The average molecular weight is 213 g/mol. The number of carbonyl (C=O) groups is 1. The molecule has 3 heteroatoms. The minimum atomic E-state index is -0.165. The van der Waals surface area contributed by atoms with E-state index in [2.05, 4.69) is 26.1 Å². The molecule has 1 fully saturated rings. The molecule has 2 atom stereocenters. The number of carbonyl (C=O) groups excluding carboxylic acids is 1. The highest BCUT2D eigenvalue weighted by atomic mass is 16.5. The molecule has 0 radical (unpaired) electrons. The van der Waals surface area contributed by atoms with Crippen LogP contribution in [0.2, 0.25) is 0 Å². The lowest BCUT2D eigenvalue weighted by Gasteiger charge is -2.41. The van der Waals surface area contributed by atoms with E-state index >= 15 is 0 Å². The monoisotopic (exact) mass is 213 g/mol. The number of rotatable bonds is 5. The van der Waals surface area contributed by atoms with E-state index in [-0.39, 0.29) is 24.2 Å². The number of unbranched alkanes of at least 4 members (excludes halogenated alkanes) is 2. The van der Waals surface area contributed by atoms with Crippen LogP contribution in [0.25, 0.3) is 0 Å². The first kappa shape index (κ1) is 12.5. The Bertz CT molecular complexity index is 218. The van der Waals surface area contributed by atoms with Crippen LogP contribution in [0.1, 0.15) is 52.9 Å². The van der Waals surface area contributed by atoms with Crippen molar-refractivity contribution in [3.8, 4) is 0 Å². The smallest absolute Gasteiger partial charge is 0.246 e. The molecule has 1 rings (SSSR count). The third kappa shape index (κ3) is 3.20. The first-order valence-electron chi connectivity index (χ1n) is 6.05. The molecule has 1 amide bonds. The summed E-state index contributed by atoms with van der Waals surface area (Å²) in [5.74, 6) is 0.0300. The predicted octanol–water partition coefficient (Wildman–Crippen LogP) is 2.25. The molecule has 0 spiro atoms. The molecular weight excluding hydrogens is 190 g/mol. The van der Waals surface area contributed by atoms with Gasteiger partial charge < -0.3 is 10.1 Å². The van der Waals surface area contributed by atoms with E-state index in [1.165, 1.54) is 19.3 Å². The Kier molecular flexibility index (Phi) is 4.58. The molecule has 3 nitrogen and oxygen atoms in total. The van der Waals surface area contributed by atoms with Crippen LogP contribution < -0.4 is 5.32 Å². The summed E-state index contributed by atoms with van der Waals surface area (Å²) >= 11 is 0. The lowest BCUT2D eigenvalue weighted by Crippen LogP contribution is -2.58. The lowest BCUT2D eigenvalue weighted by atomic mass is 9.88. The summed E-state index contributed by atoms with van der Waals surface area (Å²) in [5.41, 5.74) is -0.165. The van der Waals surface area contributed by atoms with Crippen LogP contribution in [-0.2, 0) is 9.53 Å². The van der Waals surface area contributed by atoms with Crippen molar-refractivity contribution in [2.45, 2.75) is 64.5 Å². The van der Waals surface area contributed by atoms with Crippen LogP contribution in [0, 0.1) is 0 Å². The highest BCUT2D eigenvalue weighted by Crippen LogP contribution is 2.26. The molecule has 0 aromatic rings. The van der Waals surface area contributed by atoms with Crippen molar-refractivity contribution in [2.24, 2.45) is 0 Å². The Morgan fingerprint density at radius 3 is 2.80 bits per heavy atom. The zero-order valence-electron chi connectivity index (χ0n) is 10.1. The summed E-state index contributed by atoms with van der Waals surface area (Å²) < 4.78 is 5.66. The Labute approximate surface area is 92.6 Å². The third-order valence-corrected chi connectivity index (χ3v) is 3.40. The largest absolute Gasteiger partial charge is 0.363 e. The molecule has 1 aliphatic heterocycles. The number of morpholine rings is 1. The van der Waals surface area contributed by atoms with E-state index in [0.29, 0.717) is 0 Å². The lowest BCUT2D eigenvalue weighted by molar-refractivity contribution is -0.150. The quantitative estimate of drug-likeness (QED) is 0.711. The number of hydrogen-bond acceptors (Lipinski definition) is 2. The molecule has 2 unspecified atom stereocenters. The summed E-state index contributed by atoms with van der Waals surface area (Å²) in [7, 11) is 0. The Balaban J connectivity index is 2.50. The predicted molar refractivity (Wildman–Crippen MR) is 60.7 cm³/mol. The Morgan fingerprint density at radius 1 is 1.47 bits per heavy atom. The van der Waals surface area contributed by atoms with Gasteiger partial charge in [0, 0.05) is 0 Å². The Morgan fingerprint density at radius 2 is 2.20 bits per heavy atom. The molecule has 0 aromatic carbocycles. The molecule has 1 aliphatic rings. The number of ether oxygens (including phenoxy) is 1. The van der Waals surface area contributed by atoms with Gasteiger partial charge in [-0.3, -0.25) is 4.79 Å². The minimum Gasteiger partial charge on any atom is -0.363 e. The van der Waals surface area contributed by atoms with Gasteiger partial charge in [-0.2, -0.15) is 0 Å². The van der Waals surface area contributed by atoms with E-state index in [1.807, 2.05) is 0 Å². The molecule has 1 saturated heterocycles. The molecule has 0 saturated carbocycles. The number of nitrogens with one attached hydrogen (secondary N) is 1. The summed E-state index contributed by atoms with van der Waals surface area (Å²) in [5, 5.41) is 3.05. The molecule has 0 aromatic heterocycles. The second kappa shape index (κ2) is 5.50. The average Bonchev–Trinajstić information content (AvgIpc) is 2.24. The van der Waals surface area contributed by atoms with Crippen molar-refractivity contribution in [2.75, 3.05) is 6.61 Å². The van der Waals surface area contributed by atoms with Gasteiger partial charge in [0.2, 0.25) is 5.91 Å². The van der Waals surface area contributed by atoms with Gasteiger partial charge in [-0.15, -0.1) is 0 Å². The zero-order valence-corrected chi connectivity index (χ0v) is 10.1. The zero-order chi connectivity index (χ0) is 11.3. The molecule has 0 aliphatic carbocycles. The first-order valence-corrected chi connectivity index (χ1v) is 6.05. The maximum absolute atomic E-state index is 11.3. The van der Waals surface area contributed by atoms with Crippen molar-refractivity contribution in [3.63, 3.8) is 0 Å². The fourth-order valence-electron chi connectivity index (χ4n) is 2.04. The van der Waals surface area contributed by atoms with Crippen molar-refractivity contribution in [1.29, 1.82) is 0 Å². The molecular formula is C12H23NO2. The van der Waals surface area contributed by atoms with Gasteiger partial charge in [0.1, 0.15) is 6.61 Å². The van der Waals surface area contributed by atoms with Crippen LogP contribution >= 0.6 is 0 Å². The minimum absolute atomic E-state index is 0.0300. The van der Waals surface area contributed by atoms with Crippen molar-refractivity contribution < 1.29 is 9.53 Å². The van der Waals surface area contributed by atoms with Gasteiger partial charge in [0.05, 0.1) is 11.6 Å². The van der Waals surface area contributed by atoms with Crippen LogP contribution in [0.4, 0.5) is 0 Å². The Hall–Kier alpha value is -0.570. The van der Waals surface area contributed by atoms with E-state index in [0.717, 1.165) is 12.8 Å². The van der Waals surface area contributed by atoms with E-state index in [1.54, 1.807) is 0 Å². The highest BCUT2D eigenvalue weighted by Gasteiger charge is 2.38. The van der Waals surface area contributed by atoms with Crippen molar-refractivity contribution >= 4 is 5.91 Å². The standard InChI is InChI=1S/C12H23NO2/c1-4-6-7-8-10-12(3,5-2)15-9-11(14)13-10/h10H,4-9H2,1-3H3,(H,13,14). The molecule has 15 heavy (non-hydrogen) atoms. The maximum atomic E-state index is 11.3. The van der Waals surface area contributed by atoms with Crippen molar-refractivity contribution in [3.05, 3.63) is 0 Å². The van der Waals surface area contributed by atoms with E-state index < -0.39 is 0 Å². The van der Waals surface area contributed by atoms with Gasteiger partial charge in [-0.1, -0.05) is 33.1 Å². The van der Waals surface area contributed by atoms with Gasteiger partial charge in [0.25, 0.3) is 0 Å². The summed E-state index contributed by atoms with van der Waals surface area (Å²) in [6, 6.07) is 0.190. The molecule has 88 valence electrons. The maximum Gasteiger partial charge on any atom is 0.246 e. The second-order valence-corrected chi connectivity index (χ2v) is 4.57. The first-order chi connectivity index (χ1) is 7.12. The summed E-state index contributed by atoms with van der Waals surface area (Å²) in [6.07, 6.45) is 5.59. The van der Waals surface area contributed by atoms with Crippen LogP contribution in [0.5, 0.6) is 0 Å². The fourth-order valence-corrected chi connectivity index (χ4v) is 2.04. The summed E-state index contributed by atoms with van der Waals surface area (Å²) in [4.78, 5) is 11.3. The van der Waals surface area contributed by atoms with E-state index in [9.17, 15) is 4.79 Å². The van der Waals surface area contributed by atoms with Crippen LogP contribution in [-0.4, -0.2) is 24.2 Å². The van der Waals surface area contributed by atoms with Crippen molar-refractivity contribution in [1.82, 2.24) is 5.32 Å². The van der Waals surface area contributed by atoms with E-state index in [4.69, 9.17) is 4.74 Å². The number of hydrogen-bond donors (Lipinski definition) is 1. The van der Waals surface area contributed by atoms with Crippen LogP contribution in [0.3, 0.4) is 0 Å². The topological polar surface area (TPSA) is 38.3 Å². The van der Waals surface area contributed by atoms with Gasteiger partial charge >= 0.3 is 0 Å². The molecule has 1 N–H and O–H groups in total. The second-order valence-electron chi connectivity index (χ2n) is 4.57. The summed E-state index contributed by atoms with van der Waals surface area (Å²) in [6.45, 7) is 6.62. The third-order valence-electron chi connectivity index (χ3n) is 3.40. The van der Waals surface area contributed by atoms with Gasteiger partial charge in [-0.05, 0) is 19.8 Å². The number of amides is 1. The van der Waals surface area contributed by atoms with Gasteiger partial charge in [0.15, 0.2) is 0 Å². The van der Waals surface area contributed by atoms with Gasteiger partial charge in [-0.25, -0.2) is 0 Å². The SMILES string of the molecule is CCCCCC1NC(=O)COC1(C)CC. The molecule has 0 bridgehead atoms. The van der Waals surface area contributed by atoms with Crippen LogP contribution in [0.15, 0.2) is 0 Å². The fraction of sp³-hybridized carbons (Fsp3) is 0.917. The highest BCUT2D eigenvalue weighted by molar-refractivity contribution is 5.78. The normalized spacial score (nSPS) is 31.4.